The van der Waals surface area contributed by atoms with Crippen molar-refractivity contribution in [3.63, 3.8) is 0 Å². The van der Waals surface area contributed by atoms with Crippen molar-refractivity contribution in [1.82, 2.24) is 0 Å². The molecule has 0 aliphatic carbocycles. The number of rotatable bonds is 2. The quantitative estimate of drug-likeness (QED) is 0.161. The van der Waals surface area contributed by atoms with Crippen molar-refractivity contribution in [3.8, 4) is 0 Å². The van der Waals surface area contributed by atoms with E-state index in [2.05, 4.69) is 125 Å². The van der Waals surface area contributed by atoms with Gasteiger partial charge >= 0.3 is 111 Å². The number of halogens is 2. The monoisotopic (exact) mass is 662 g/mol. The van der Waals surface area contributed by atoms with Gasteiger partial charge in [-0.25, -0.2) is 0 Å². The Bertz CT molecular complexity index is 1870. The number of fused-ring (bicyclic) bond motifs is 4. The van der Waals surface area contributed by atoms with Crippen molar-refractivity contribution < 1.29 is 18.9 Å². The average molecular weight is 665 g/mol. The molecule has 0 spiro atoms. The minimum atomic E-state index is -2.44. The molecule has 0 atom stereocenters. The van der Waals surface area contributed by atoms with Crippen LogP contribution in [0.1, 0.15) is 33.4 Å². The number of hydrogen-bond acceptors (Lipinski definition) is 0. The Hall–Kier alpha value is -3.09. The zero-order valence-electron chi connectivity index (χ0n) is 24.5. The number of aryl methyl sites for hydroxylation is 4. The third kappa shape index (κ3) is 7.10. The van der Waals surface area contributed by atoms with Crippen molar-refractivity contribution >= 4 is 52.5 Å². The van der Waals surface area contributed by atoms with Crippen molar-refractivity contribution in [2.75, 3.05) is 0 Å². The fourth-order valence-electron chi connectivity index (χ4n) is 5.52. The Morgan fingerprint density at radius 3 is 1.55 bits per heavy atom. The summed E-state index contributed by atoms with van der Waals surface area (Å²) in [6, 6.07) is 46.7. The molecule has 3 heteroatoms. The normalized spacial score (nSPS) is 10.6. The summed E-state index contributed by atoms with van der Waals surface area (Å²) in [6.07, 6.45) is 0. The van der Waals surface area contributed by atoms with Crippen molar-refractivity contribution in [1.29, 1.82) is 0 Å². The third-order valence-corrected chi connectivity index (χ3v) is 12.1. The van der Waals surface area contributed by atoms with Gasteiger partial charge in [-0.1, -0.05) is 53.9 Å². The van der Waals surface area contributed by atoms with E-state index in [9.17, 15) is 0 Å². The van der Waals surface area contributed by atoms with Crippen LogP contribution in [0.15, 0.2) is 133 Å². The molecule has 0 fully saturated rings. The minimum absolute atomic E-state index is 1.15. The summed E-state index contributed by atoms with van der Waals surface area (Å²) in [4.78, 5) is 0. The van der Waals surface area contributed by atoms with E-state index < -0.39 is 18.9 Å². The Morgan fingerprint density at radius 2 is 1.07 bits per heavy atom. The molecule has 0 unspecified atom stereocenters. The van der Waals surface area contributed by atoms with Gasteiger partial charge in [0.1, 0.15) is 0 Å². The van der Waals surface area contributed by atoms with Crippen molar-refractivity contribution in [2.45, 2.75) is 27.7 Å². The summed E-state index contributed by atoms with van der Waals surface area (Å²) in [5.74, 6) is 0. The molecule has 0 amide bonds. The van der Waals surface area contributed by atoms with Crippen LogP contribution in [-0.2, 0) is 18.9 Å². The molecule has 0 N–H and O–H groups in total. The zero-order chi connectivity index (χ0) is 29.6. The fourth-order valence-corrected chi connectivity index (χ4v) is 10.00. The fraction of sp³-hybridized carbons (Fsp3) is 0.103. The molecule has 0 radical (unpaired) electrons. The van der Waals surface area contributed by atoms with Gasteiger partial charge in [0.15, 0.2) is 0 Å². The maximum absolute atomic E-state index is 6.24. The van der Waals surface area contributed by atoms with Gasteiger partial charge in [-0.05, 0) is 20.8 Å². The summed E-state index contributed by atoms with van der Waals surface area (Å²) in [5, 5.41) is 8.24. The predicted molar refractivity (Wildman–Crippen MR) is 183 cm³/mol. The summed E-state index contributed by atoms with van der Waals surface area (Å²) in [6.45, 7) is 8.61. The Kier molecular flexibility index (Phi) is 10.1. The van der Waals surface area contributed by atoms with Crippen LogP contribution in [0, 0.1) is 27.7 Å². The average Bonchev–Trinajstić information content (AvgIpc) is 3.54. The first-order valence-electron chi connectivity index (χ1n) is 14.2. The third-order valence-electron chi connectivity index (χ3n) is 7.54. The second-order valence-electron chi connectivity index (χ2n) is 10.7. The summed E-state index contributed by atoms with van der Waals surface area (Å²) in [7, 11) is 12.5. The van der Waals surface area contributed by atoms with Crippen molar-refractivity contribution in [3.05, 3.63) is 167 Å². The first kappa shape index (κ1) is 30.4. The van der Waals surface area contributed by atoms with Crippen LogP contribution in [-0.4, -0.2) is 3.21 Å². The van der Waals surface area contributed by atoms with Gasteiger partial charge in [-0.2, -0.15) is 11.6 Å². The zero-order valence-corrected chi connectivity index (χ0v) is 28.4. The van der Waals surface area contributed by atoms with Gasteiger partial charge in [0.25, 0.3) is 0 Å². The van der Waals surface area contributed by atoms with Gasteiger partial charge in [0.05, 0.1) is 0 Å². The predicted octanol–water partition coefficient (Wildman–Crippen LogP) is 11.7. The van der Waals surface area contributed by atoms with Gasteiger partial charge in [0, 0.05) is 0 Å². The molecule has 7 aromatic rings. The Balaban J connectivity index is 0.000000128. The van der Waals surface area contributed by atoms with E-state index in [0.29, 0.717) is 0 Å². The molecular weight excluding hydrogens is 631 g/mol. The molecule has 0 nitrogen and oxygen atoms in total. The van der Waals surface area contributed by atoms with E-state index in [1.54, 1.807) is 0 Å². The summed E-state index contributed by atoms with van der Waals surface area (Å²) >= 11 is -2.44. The second-order valence-corrected chi connectivity index (χ2v) is 18.9. The molecular formula is C39H34Cl2Zr-2. The van der Waals surface area contributed by atoms with E-state index in [1.807, 2.05) is 36.4 Å². The van der Waals surface area contributed by atoms with Gasteiger partial charge in [0.2, 0.25) is 0 Å². The second kappa shape index (κ2) is 13.9. The number of benzene rings is 5. The van der Waals surface area contributed by atoms with E-state index in [4.69, 9.17) is 17.0 Å². The van der Waals surface area contributed by atoms with E-state index in [0.717, 1.165) is 14.3 Å². The van der Waals surface area contributed by atoms with Crippen molar-refractivity contribution in [2.24, 2.45) is 0 Å². The van der Waals surface area contributed by atoms with Crippen LogP contribution >= 0.6 is 17.0 Å². The first-order chi connectivity index (χ1) is 20.3. The summed E-state index contributed by atoms with van der Waals surface area (Å²) < 4.78 is 1.15. The van der Waals surface area contributed by atoms with E-state index in [-0.39, 0.29) is 0 Å². The molecule has 42 heavy (non-hydrogen) atoms. The van der Waals surface area contributed by atoms with Crippen LogP contribution < -0.4 is 0 Å². The molecule has 7 rings (SSSR count). The van der Waals surface area contributed by atoms with Crippen LogP contribution in [0.4, 0.5) is 0 Å². The standard InChI is InChI=1S/C15H13.C13H10.C11H11.2ClH.Zr/c1-10-3-5-14-12(7-10)9-13-8-11(2)4-6-15(13)14;1-3-7-12(8-4-1)11-13-9-5-2-6-10-13;1-8-4-3-5-10-7-6-9(2)11(8)10;;;/h3-9H,1-2H3;1-10H;3-7H,1-2H3;2*1H;/q-1;;-1;;;+2/p-2. The van der Waals surface area contributed by atoms with E-state index >= 15 is 0 Å². The molecule has 0 aliphatic heterocycles. The van der Waals surface area contributed by atoms with Gasteiger partial charge < -0.3 is 0 Å². The molecule has 0 bridgehead atoms. The molecule has 0 saturated carbocycles. The molecule has 7 aromatic carbocycles. The van der Waals surface area contributed by atoms with E-state index in [1.165, 1.54) is 54.6 Å². The first-order valence-corrected chi connectivity index (χ1v) is 21.7. The Morgan fingerprint density at radius 1 is 0.548 bits per heavy atom. The van der Waals surface area contributed by atoms with Crippen LogP contribution in [0.5, 0.6) is 0 Å². The van der Waals surface area contributed by atoms with Gasteiger partial charge in [-0.15, -0.1) is 68.7 Å². The molecule has 0 heterocycles. The Labute approximate surface area is 264 Å². The molecule has 210 valence electrons. The topological polar surface area (TPSA) is 0 Å². The van der Waals surface area contributed by atoms with Crippen LogP contribution in [0.2, 0.25) is 0 Å². The maximum atomic E-state index is 6.24. The summed E-state index contributed by atoms with van der Waals surface area (Å²) in [5.41, 5.74) is 7.72. The molecule has 0 aromatic heterocycles. The number of hydrogen-bond donors (Lipinski definition) is 0. The van der Waals surface area contributed by atoms with Crippen LogP contribution in [0.3, 0.4) is 0 Å². The van der Waals surface area contributed by atoms with Crippen LogP contribution in [0.25, 0.3) is 32.3 Å². The molecule has 0 aliphatic rings. The molecule has 0 saturated heterocycles. The SMILES string of the molecule is Cc1ccc2c(c1)[cH-]c1cc(C)ccc12.Cc1cccc2[cH-]cc(C)c12.[Cl][Zr]([Cl])=[C](c1ccccc1)c1ccccc1. The van der Waals surface area contributed by atoms with Gasteiger partial charge in [-0.3, -0.25) is 0 Å².